The van der Waals surface area contributed by atoms with Gasteiger partial charge in [0.25, 0.3) is 0 Å². The number of hydrogen-bond acceptors (Lipinski definition) is 4. The summed E-state index contributed by atoms with van der Waals surface area (Å²) in [6.07, 6.45) is -5.32. The van der Waals surface area contributed by atoms with Gasteiger partial charge in [0.15, 0.2) is 17.5 Å². The number of imidazole rings is 1. The molecule has 0 saturated carbocycles. The number of aromatic nitrogens is 2. The predicted octanol–water partition coefficient (Wildman–Crippen LogP) is 2.58. The van der Waals surface area contributed by atoms with E-state index in [2.05, 4.69) is 10.3 Å². The van der Waals surface area contributed by atoms with Crippen LogP contribution in [-0.2, 0) is 35.3 Å². The largest absolute Gasteiger partial charge is 0.449 e. The number of hydrogen-bond donors (Lipinski definition) is 2. The average Bonchev–Trinajstić information content (AvgIpc) is 3.03. The van der Waals surface area contributed by atoms with Crippen LogP contribution in [0.5, 0.6) is 0 Å². The molecule has 174 valence electrons. The number of anilines is 1. The number of fused-ring (bicyclic) bond motifs is 1. The smallest absolute Gasteiger partial charge is 0.335 e. The number of rotatable bonds is 5. The maximum atomic E-state index is 13.8. The third-order valence-corrected chi connectivity index (χ3v) is 4.92. The SMILES string of the molecule is CC(=O)Nc1nc(C(F)(F)F)n2c1CN(C(=O)CC(N)Cc1cc(F)c(F)cc1F)CC2. The molecule has 32 heavy (non-hydrogen) atoms. The number of nitrogens with one attached hydrogen (secondary N) is 1. The van der Waals surface area contributed by atoms with Crippen molar-refractivity contribution < 1.29 is 35.9 Å². The van der Waals surface area contributed by atoms with Crippen LogP contribution in [0.3, 0.4) is 0 Å². The van der Waals surface area contributed by atoms with Crippen molar-refractivity contribution in [3.63, 3.8) is 0 Å². The van der Waals surface area contributed by atoms with Crippen LogP contribution in [0, 0.1) is 17.5 Å². The van der Waals surface area contributed by atoms with Crippen molar-refractivity contribution in [3.8, 4) is 0 Å². The number of benzene rings is 1. The van der Waals surface area contributed by atoms with Gasteiger partial charge in [-0.2, -0.15) is 13.2 Å². The fraction of sp³-hybridized carbons (Fsp3) is 0.421. The lowest BCUT2D eigenvalue weighted by molar-refractivity contribution is -0.148. The molecule has 7 nitrogen and oxygen atoms in total. The highest BCUT2D eigenvalue weighted by Gasteiger charge is 2.40. The number of nitrogens with zero attached hydrogens (tertiary/aromatic N) is 3. The van der Waals surface area contributed by atoms with Crippen LogP contribution >= 0.6 is 0 Å². The zero-order valence-corrected chi connectivity index (χ0v) is 16.8. The molecule has 3 N–H and O–H groups in total. The summed E-state index contributed by atoms with van der Waals surface area (Å²) in [6.45, 7) is 0.567. The second-order valence-corrected chi connectivity index (χ2v) is 7.40. The summed E-state index contributed by atoms with van der Waals surface area (Å²) in [4.78, 5) is 28.7. The van der Waals surface area contributed by atoms with Crippen LogP contribution in [0.2, 0.25) is 0 Å². The predicted molar refractivity (Wildman–Crippen MR) is 99.6 cm³/mol. The maximum Gasteiger partial charge on any atom is 0.449 e. The minimum atomic E-state index is -4.76. The molecule has 1 aliphatic heterocycles. The maximum absolute atomic E-state index is 13.8. The van der Waals surface area contributed by atoms with Crippen LogP contribution in [0.25, 0.3) is 0 Å². The van der Waals surface area contributed by atoms with Gasteiger partial charge in [-0.1, -0.05) is 0 Å². The normalized spacial score (nSPS) is 14.8. The van der Waals surface area contributed by atoms with Gasteiger partial charge in [-0.15, -0.1) is 0 Å². The molecule has 3 rings (SSSR count). The molecule has 0 radical (unpaired) electrons. The Labute approximate surface area is 178 Å². The van der Waals surface area contributed by atoms with Gasteiger partial charge >= 0.3 is 6.18 Å². The van der Waals surface area contributed by atoms with Crippen molar-refractivity contribution >= 4 is 17.6 Å². The van der Waals surface area contributed by atoms with Crippen LogP contribution in [0.15, 0.2) is 12.1 Å². The fourth-order valence-corrected chi connectivity index (χ4v) is 3.49. The highest BCUT2D eigenvalue weighted by atomic mass is 19.4. The van der Waals surface area contributed by atoms with Gasteiger partial charge < -0.3 is 20.5 Å². The Hall–Kier alpha value is -3.09. The molecule has 1 aliphatic rings. The van der Waals surface area contributed by atoms with Crippen molar-refractivity contribution in [2.75, 3.05) is 11.9 Å². The Balaban J connectivity index is 1.73. The Bertz CT molecular complexity index is 1050. The molecule has 2 aromatic rings. The van der Waals surface area contributed by atoms with Gasteiger partial charge in [0.2, 0.25) is 17.6 Å². The second kappa shape index (κ2) is 8.81. The van der Waals surface area contributed by atoms with Gasteiger partial charge in [-0.05, 0) is 18.1 Å². The molecular weight excluding hydrogens is 444 g/mol. The van der Waals surface area contributed by atoms with Crippen molar-refractivity contribution in [3.05, 3.63) is 46.7 Å². The van der Waals surface area contributed by atoms with E-state index in [4.69, 9.17) is 5.73 Å². The highest BCUT2D eigenvalue weighted by Crippen LogP contribution is 2.34. The Morgan fingerprint density at radius 1 is 1.16 bits per heavy atom. The summed E-state index contributed by atoms with van der Waals surface area (Å²) in [5, 5.41) is 2.23. The molecule has 1 atom stereocenters. The van der Waals surface area contributed by atoms with E-state index in [-0.39, 0.29) is 49.6 Å². The molecule has 0 fully saturated rings. The van der Waals surface area contributed by atoms with Crippen LogP contribution < -0.4 is 11.1 Å². The molecule has 0 aliphatic carbocycles. The summed E-state index contributed by atoms with van der Waals surface area (Å²) in [5.74, 6) is -6.25. The molecule has 0 bridgehead atoms. The van der Waals surface area contributed by atoms with E-state index in [1.165, 1.54) is 4.90 Å². The number of amides is 2. The number of nitrogens with two attached hydrogens (primary N) is 1. The molecule has 0 spiro atoms. The summed E-state index contributed by atoms with van der Waals surface area (Å²) in [6, 6.07) is 0.0915. The van der Waals surface area contributed by atoms with Crippen LogP contribution in [0.4, 0.5) is 32.2 Å². The monoisotopic (exact) mass is 463 g/mol. The Kier molecular flexibility index (Phi) is 6.49. The quantitative estimate of drug-likeness (QED) is 0.527. The Morgan fingerprint density at radius 2 is 1.81 bits per heavy atom. The van der Waals surface area contributed by atoms with Gasteiger partial charge in [-0.3, -0.25) is 9.59 Å². The van der Waals surface area contributed by atoms with Crippen molar-refractivity contribution in [2.24, 2.45) is 5.73 Å². The minimum Gasteiger partial charge on any atom is -0.335 e. The molecule has 1 aromatic carbocycles. The molecule has 1 aromatic heterocycles. The van der Waals surface area contributed by atoms with Gasteiger partial charge in [-0.25, -0.2) is 18.2 Å². The lowest BCUT2D eigenvalue weighted by Gasteiger charge is -2.30. The van der Waals surface area contributed by atoms with Crippen molar-refractivity contribution in [2.45, 2.75) is 45.1 Å². The molecule has 13 heteroatoms. The Morgan fingerprint density at radius 3 is 2.44 bits per heavy atom. The molecule has 0 saturated heterocycles. The number of halogens is 6. The van der Waals surface area contributed by atoms with E-state index >= 15 is 0 Å². The van der Waals surface area contributed by atoms with E-state index < -0.39 is 47.3 Å². The van der Waals surface area contributed by atoms with E-state index in [0.29, 0.717) is 12.1 Å². The topological polar surface area (TPSA) is 93.2 Å². The molecular formula is C19H19F6N5O2. The first kappa shape index (κ1) is 23.6. The first-order chi connectivity index (χ1) is 14.9. The molecule has 2 heterocycles. The third kappa shape index (κ3) is 5.03. The lowest BCUT2D eigenvalue weighted by atomic mass is 10.0. The summed E-state index contributed by atoms with van der Waals surface area (Å²) in [5.41, 5.74) is 5.67. The van der Waals surface area contributed by atoms with Gasteiger partial charge in [0, 0.05) is 38.5 Å². The van der Waals surface area contributed by atoms with Gasteiger partial charge in [0.1, 0.15) is 5.82 Å². The zero-order chi connectivity index (χ0) is 23.8. The van der Waals surface area contributed by atoms with E-state index in [1.807, 2.05) is 0 Å². The summed E-state index contributed by atoms with van der Waals surface area (Å²) >= 11 is 0. The summed E-state index contributed by atoms with van der Waals surface area (Å²) < 4.78 is 80.9. The number of carbonyl (C=O) groups excluding carboxylic acids is 2. The van der Waals surface area contributed by atoms with E-state index in [9.17, 15) is 35.9 Å². The fourth-order valence-electron chi connectivity index (χ4n) is 3.49. The highest BCUT2D eigenvalue weighted by molar-refractivity contribution is 5.88. The minimum absolute atomic E-state index is 0.00680. The first-order valence-corrected chi connectivity index (χ1v) is 9.47. The molecule has 2 amide bonds. The third-order valence-electron chi connectivity index (χ3n) is 4.92. The summed E-state index contributed by atoms with van der Waals surface area (Å²) in [7, 11) is 0. The van der Waals surface area contributed by atoms with Crippen LogP contribution in [0.1, 0.15) is 30.4 Å². The second-order valence-electron chi connectivity index (χ2n) is 7.40. The lowest BCUT2D eigenvalue weighted by Crippen LogP contribution is -2.42. The van der Waals surface area contributed by atoms with E-state index in [1.54, 1.807) is 0 Å². The van der Waals surface area contributed by atoms with Crippen LogP contribution in [-0.4, -0.2) is 38.9 Å². The van der Waals surface area contributed by atoms with Gasteiger partial charge in [0.05, 0.1) is 12.2 Å². The number of carbonyl (C=O) groups is 2. The number of alkyl halides is 3. The zero-order valence-electron chi connectivity index (χ0n) is 16.8. The molecule has 1 unspecified atom stereocenters. The van der Waals surface area contributed by atoms with Crippen molar-refractivity contribution in [1.29, 1.82) is 0 Å². The van der Waals surface area contributed by atoms with Crippen molar-refractivity contribution in [1.82, 2.24) is 14.5 Å². The average molecular weight is 463 g/mol. The van der Waals surface area contributed by atoms with E-state index in [0.717, 1.165) is 11.5 Å². The standard InChI is InChI=1S/C19H19F6N5O2/c1-9(31)27-17-15-8-29(2-3-30(15)18(28-17)19(23,24)25)16(32)6-11(26)4-10-5-13(21)14(22)7-12(10)20/h5,7,11H,2-4,6,8,26H2,1H3,(H,27,31). The first-order valence-electron chi connectivity index (χ1n) is 9.47.